The van der Waals surface area contributed by atoms with Gasteiger partial charge in [-0.05, 0) is 12.5 Å². The van der Waals surface area contributed by atoms with Gasteiger partial charge in [-0.2, -0.15) is 0 Å². The maximum atomic E-state index is 12.4. The van der Waals surface area contributed by atoms with Crippen molar-refractivity contribution in [2.24, 2.45) is 0 Å². The van der Waals surface area contributed by atoms with Crippen molar-refractivity contribution in [3.63, 3.8) is 0 Å². The zero-order chi connectivity index (χ0) is 17.0. The normalized spacial score (nSPS) is 23.8. The van der Waals surface area contributed by atoms with Gasteiger partial charge >= 0.3 is 11.9 Å². The molecule has 0 aromatic heterocycles. The van der Waals surface area contributed by atoms with Crippen LogP contribution in [0.5, 0.6) is 0 Å². The molecule has 1 aliphatic rings. The average molecular weight is 322 g/mol. The van der Waals surface area contributed by atoms with Gasteiger partial charge in [0.1, 0.15) is 0 Å². The summed E-state index contributed by atoms with van der Waals surface area (Å²) in [6, 6.07) is 18.6. The lowest BCUT2D eigenvalue weighted by atomic mass is 9.94. The van der Waals surface area contributed by atoms with Crippen molar-refractivity contribution < 1.29 is 19.1 Å². The maximum Gasteiger partial charge on any atom is 0.355 e. The van der Waals surface area contributed by atoms with Gasteiger partial charge < -0.3 is 9.47 Å². The van der Waals surface area contributed by atoms with E-state index in [-0.39, 0.29) is 6.42 Å². The third-order valence-corrected chi connectivity index (χ3v) is 3.99. The number of ether oxygens (including phenoxy) is 2. The van der Waals surface area contributed by atoms with Crippen LogP contribution in [0, 0.1) is 0 Å². The molecule has 0 saturated carbocycles. The largest absolute Gasteiger partial charge is 0.447 e. The molecule has 1 saturated heterocycles. The number of esters is 2. The third-order valence-electron chi connectivity index (χ3n) is 3.99. The number of hydrogen-bond acceptors (Lipinski definition) is 4. The Labute approximate surface area is 140 Å². The van der Waals surface area contributed by atoms with Gasteiger partial charge in [-0.3, -0.25) is 0 Å². The van der Waals surface area contributed by atoms with Gasteiger partial charge in [0.2, 0.25) is 11.7 Å². The standard InChI is InChI=1S/C20H18O4/c1-20(16-12-6-3-7-13-16)19(22)23-17(18(21)24-20)14-8-11-15-9-4-2-5-10-15/h2-13,17H,14H2,1H3/b11-8+/t17?,20-/m1/s1. The average Bonchev–Trinajstić information content (AvgIpc) is 2.61. The highest BCUT2D eigenvalue weighted by Gasteiger charge is 2.48. The lowest BCUT2D eigenvalue weighted by molar-refractivity contribution is -0.210. The van der Waals surface area contributed by atoms with Crippen LogP contribution < -0.4 is 0 Å². The molecule has 2 aromatic rings. The fourth-order valence-corrected chi connectivity index (χ4v) is 2.57. The van der Waals surface area contributed by atoms with E-state index in [9.17, 15) is 9.59 Å². The fraction of sp³-hybridized carbons (Fsp3) is 0.200. The summed E-state index contributed by atoms with van der Waals surface area (Å²) in [5.41, 5.74) is 0.224. The quantitative estimate of drug-likeness (QED) is 0.809. The van der Waals surface area contributed by atoms with Crippen molar-refractivity contribution in [2.75, 3.05) is 0 Å². The van der Waals surface area contributed by atoms with Crippen LogP contribution in [-0.2, 0) is 24.7 Å². The van der Waals surface area contributed by atoms with E-state index in [0.717, 1.165) is 5.56 Å². The van der Waals surface area contributed by atoms with Crippen LogP contribution in [0.4, 0.5) is 0 Å². The summed E-state index contributed by atoms with van der Waals surface area (Å²) >= 11 is 0. The Bertz CT molecular complexity index is 752. The molecule has 2 atom stereocenters. The second-order valence-corrected chi connectivity index (χ2v) is 5.76. The van der Waals surface area contributed by atoms with Crippen LogP contribution in [0.15, 0.2) is 66.7 Å². The molecule has 0 N–H and O–H groups in total. The lowest BCUT2D eigenvalue weighted by Gasteiger charge is -2.34. The number of rotatable bonds is 4. The van der Waals surface area contributed by atoms with Crippen LogP contribution >= 0.6 is 0 Å². The second kappa shape index (κ2) is 6.71. The molecule has 4 heteroatoms. The predicted molar refractivity (Wildman–Crippen MR) is 89.9 cm³/mol. The minimum atomic E-state index is -1.39. The summed E-state index contributed by atoms with van der Waals surface area (Å²) in [6.07, 6.45) is 3.06. The number of hydrogen-bond donors (Lipinski definition) is 0. The Morgan fingerprint density at radius 1 is 1.00 bits per heavy atom. The molecule has 3 rings (SSSR count). The fourth-order valence-electron chi connectivity index (χ4n) is 2.57. The van der Waals surface area contributed by atoms with Gasteiger partial charge in [-0.25, -0.2) is 9.59 Å². The van der Waals surface area contributed by atoms with Gasteiger partial charge in [-0.15, -0.1) is 0 Å². The molecule has 122 valence electrons. The molecule has 2 aromatic carbocycles. The molecule has 4 nitrogen and oxygen atoms in total. The van der Waals surface area contributed by atoms with Gasteiger partial charge in [0.05, 0.1) is 0 Å². The van der Waals surface area contributed by atoms with Crippen molar-refractivity contribution in [2.45, 2.75) is 25.0 Å². The monoisotopic (exact) mass is 322 g/mol. The minimum absolute atomic E-state index is 0.282. The van der Waals surface area contributed by atoms with E-state index < -0.39 is 23.6 Å². The molecule has 1 heterocycles. The first-order valence-electron chi connectivity index (χ1n) is 7.80. The zero-order valence-electron chi connectivity index (χ0n) is 13.3. The van der Waals surface area contributed by atoms with Gasteiger partial charge in [0, 0.05) is 12.0 Å². The van der Waals surface area contributed by atoms with Crippen molar-refractivity contribution in [3.05, 3.63) is 77.9 Å². The van der Waals surface area contributed by atoms with Crippen molar-refractivity contribution in [1.82, 2.24) is 0 Å². The van der Waals surface area contributed by atoms with Crippen LogP contribution in [0.2, 0.25) is 0 Å². The Morgan fingerprint density at radius 2 is 1.62 bits per heavy atom. The summed E-state index contributed by atoms with van der Waals surface area (Å²) in [5, 5.41) is 0. The zero-order valence-corrected chi connectivity index (χ0v) is 13.3. The Morgan fingerprint density at radius 3 is 2.29 bits per heavy atom. The van der Waals surface area contributed by atoms with E-state index in [2.05, 4.69) is 0 Å². The predicted octanol–water partition coefficient (Wildman–Crippen LogP) is 3.47. The molecule has 0 spiro atoms. The van der Waals surface area contributed by atoms with Gasteiger partial charge in [0.15, 0.2) is 0 Å². The van der Waals surface area contributed by atoms with Crippen molar-refractivity contribution in [3.8, 4) is 0 Å². The highest BCUT2D eigenvalue weighted by Crippen LogP contribution is 2.32. The highest BCUT2D eigenvalue weighted by atomic mass is 16.7. The Kier molecular flexibility index (Phi) is 4.47. The van der Waals surface area contributed by atoms with Crippen LogP contribution in [0.25, 0.3) is 6.08 Å². The molecule has 24 heavy (non-hydrogen) atoms. The van der Waals surface area contributed by atoms with E-state index in [0.29, 0.717) is 5.56 Å². The minimum Gasteiger partial charge on any atom is -0.447 e. The lowest BCUT2D eigenvalue weighted by Crippen LogP contribution is -2.49. The van der Waals surface area contributed by atoms with E-state index in [1.165, 1.54) is 0 Å². The van der Waals surface area contributed by atoms with E-state index in [1.54, 1.807) is 37.3 Å². The summed E-state index contributed by atoms with van der Waals surface area (Å²) in [4.78, 5) is 24.6. The maximum absolute atomic E-state index is 12.4. The van der Waals surface area contributed by atoms with Gasteiger partial charge in [-0.1, -0.05) is 72.8 Å². The smallest absolute Gasteiger partial charge is 0.355 e. The molecule has 0 amide bonds. The number of carbonyl (C=O) groups excluding carboxylic acids is 2. The highest BCUT2D eigenvalue weighted by molar-refractivity contribution is 5.91. The Hall–Kier alpha value is -2.88. The SMILES string of the molecule is C[C@]1(c2ccccc2)OC(=O)C(C/C=C/c2ccccc2)OC1=O. The molecular formula is C20H18O4. The van der Waals surface area contributed by atoms with E-state index in [4.69, 9.17) is 9.47 Å². The van der Waals surface area contributed by atoms with Crippen LogP contribution in [0.3, 0.4) is 0 Å². The van der Waals surface area contributed by atoms with Crippen molar-refractivity contribution in [1.29, 1.82) is 0 Å². The molecule has 0 bridgehead atoms. The first kappa shape index (κ1) is 16.0. The van der Waals surface area contributed by atoms with Crippen LogP contribution in [-0.4, -0.2) is 18.0 Å². The molecular weight excluding hydrogens is 304 g/mol. The number of carbonyl (C=O) groups is 2. The summed E-state index contributed by atoms with van der Waals surface area (Å²) in [5.74, 6) is -1.08. The topological polar surface area (TPSA) is 52.6 Å². The third kappa shape index (κ3) is 3.23. The summed E-state index contributed by atoms with van der Waals surface area (Å²) in [7, 11) is 0. The first-order valence-corrected chi connectivity index (χ1v) is 7.80. The Balaban J connectivity index is 1.69. The molecule has 0 aliphatic carbocycles. The number of cyclic esters (lactones) is 2. The van der Waals surface area contributed by atoms with Crippen LogP contribution in [0.1, 0.15) is 24.5 Å². The molecule has 1 aliphatic heterocycles. The van der Waals surface area contributed by atoms with Gasteiger partial charge in [0.25, 0.3) is 0 Å². The molecule has 1 unspecified atom stereocenters. The summed E-state index contributed by atoms with van der Waals surface area (Å²) < 4.78 is 10.8. The summed E-state index contributed by atoms with van der Waals surface area (Å²) in [6.45, 7) is 1.55. The number of benzene rings is 2. The molecule has 1 fully saturated rings. The van der Waals surface area contributed by atoms with E-state index >= 15 is 0 Å². The van der Waals surface area contributed by atoms with Crippen molar-refractivity contribution >= 4 is 18.0 Å². The molecule has 0 radical (unpaired) electrons. The first-order chi connectivity index (χ1) is 11.6. The second-order valence-electron chi connectivity index (χ2n) is 5.76. The van der Waals surface area contributed by atoms with E-state index in [1.807, 2.05) is 42.5 Å².